The Morgan fingerprint density at radius 2 is 1.96 bits per heavy atom. The number of methoxy groups -OCH3 is 1. The standard InChI is InChI=1S/C17H19BrN2O4S2/c1-12(11-24-2)20-26(22,23)15-7-3-13(4-8-15)19-17(21)10-6-14-5-9-16(18)25-14/h3-10,12,20H,11H2,1-2H3,(H,19,21)/b10-6+. The summed E-state index contributed by atoms with van der Waals surface area (Å²) >= 11 is 4.88. The summed E-state index contributed by atoms with van der Waals surface area (Å²) in [6.45, 7) is 1.99. The predicted octanol–water partition coefficient (Wildman–Crippen LogP) is 3.48. The van der Waals surface area contributed by atoms with Crippen LogP contribution in [-0.2, 0) is 19.6 Å². The van der Waals surface area contributed by atoms with Crippen LogP contribution in [0.3, 0.4) is 0 Å². The molecule has 0 bridgehead atoms. The average molecular weight is 459 g/mol. The lowest BCUT2D eigenvalue weighted by molar-refractivity contribution is -0.111. The Bertz CT molecular complexity index is 876. The highest BCUT2D eigenvalue weighted by Gasteiger charge is 2.17. The van der Waals surface area contributed by atoms with Gasteiger partial charge < -0.3 is 10.1 Å². The van der Waals surface area contributed by atoms with Gasteiger partial charge in [-0.05, 0) is 65.3 Å². The van der Waals surface area contributed by atoms with E-state index in [1.54, 1.807) is 25.1 Å². The van der Waals surface area contributed by atoms with Crippen molar-refractivity contribution < 1.29 is 17.9 Å². The van der Waals surface area contributed by atoms with Gasteiger partial charge in [0.1, 0.15) is 0 Å². The molecule has 0 aliphatic rings. The largest absolute Gasteiger partial charge is 0.383 e. The van der Waals surface area contributed by atoms with E-state index in [4.69, 9.17) is 4.74 Å². The van der Waals surface area contributed by atoms with Gasteiger partial charge in [-0.2, -0.15) is 0 Å². The van der Waals surface area contributed by atoms with E-state index >= 15 is 0 Å². The fraction of sp³-hybridized carbons (Fsp3) is 0.235. The lowest BCUT2D eigenvalue weighted by atomic mass is 10.3. The number of hydrogen-bond acceptors (Lipinski definition) is 5. The number of hydrogen-bond donors (Lipinski definition) is 2. The number of rotatable bonds is 8. The predicted molar refractivity (Wildman–Crippen MR) is 108 cm³/mol. The zero-order valence-electron chi connectivity index (χ0n) is 14.2. The third-order valence-corrected chi connectivity index (χ3v) is 6.39. The number of amides is 1. The minimum atomic E-state index is -3.63. The van der Waals surface area contributed by atoms with Crippen LogP contribution in [0.4, 0.5) is 5.69 Å². The topological polar surface area (TPSA) is 84.5 Å². The Kier molecular flexibility index (Phi) is 7.54. The molecular formula is C17H19BrN2O4S2. The maximum Gasteiger partial charge on any atom is 0.248 e. The van der Waals surface area contributed by atoms with Crippen molar-refractivity contribution in [2.75, 3.05) is 19.0 Å². The van der Waals surface area contributed by atoms with Gasteiger partial charge in [0.25, 0.3) is 0 Å². The third kappa shape index (κ3) is 6.33. The molecule has 2 rings (SSSR count). The van der Waals surface area contributed by atoms with Crippen LogP contribution >= 0.6 is 27.3 Å². The maximum absolute atomic E-state index is 12.2. The van der Waals surface area contributed by atoms with Gasteiger partial charge in [-0.25, -0.2) is 13.1 Å². The molecule has 1 atom stereocenters. The molecule has 1 unspecified atom stereocenters. The number of anilines is 1. The molecule has 0 saturated heterocycles. The van der Waals surface area contributed by atoms with Gasteiger partial charge in [-0.1, -0.05) is 0 Å². The summed E-state index contributed by atoms with van der Waals surface area (Å²) < 4.78 is 32.9. The second-order valence-corrected chi connectivity index (χ2v) is 9.68. The number of sulfonamides is 1. The van der Waals surface area contributed by atoms with Crippen LogP contribution in [0.2, 0.25) is 0 Å². The molecule has 1 heterocycles. The van der Waals surface area contributed by atoms with Gasteiger partial charge in [0, 0.05) is 29.8 Å². The van der Waals surface area contributed by atoms with E-state index in [2.05, 4.69) is 26.0 Å². The number of carbonyl (C=O) groups is 1. The zero-order valence-corrected chi connectivity index (χ0v) is 17.4. The molecule has 0 spiro atoms. The fourth-order valence-corrected chi connectivity index (χ4v) is 4.65. The summed E-state index contributed by atoms with van der Waals surface area (Å²) in [6, 6.07) is 9.44. The molecule has 1 aromatic carbocycles. The number of halogens is 1. The first-order valence-corrected chi connectivity index (χ1v) is 10.7. The van der Waals surface area contributed by atoms with E-state index in [0.29, 0.717) is 5.69 Å². The van der Waals surface area contributed by atoms with Gasteiger partial charge in [0.05, 0.1) is 15.3 Å². The van der Waals surface area contributed by atoms with Gasteiger partial charge in [-0.3, -0.25) is 4.79 Å². The van der Waals surface area contributed by atoms with Crippen molar-refractivity contribution in [3.05, 3.63) is 51.1 Å². The zero-order chi connectivity index (χ0) is 19.2. The molecule has 140 valence electrons. The lowest BCUT2D eigenvalue weighted by Crippen LogP contribution is -2.35. The van der Waals surface area contributed by atoms with Crippen LogP contribution in [-0.4, -0.2) is 34.1 Å². The molecule has 0 saturated carbocycles. The Morgan fingerprint density at radius 3 is 2.54 bits per heavy atom. The average Bonchev–Trinajstić information content (AvgIpc) is 2.99. The molecule has 26 heavy (non-hydrogen) atoms. The summed E-state index contributed by atoms with van der Waals surface area (Å²) in [6.07, 6.45) is 3.14. The number of carbonyl (C=O) groups excluding carboxylic acids is 1. The van der Waals surface area contributed by atoms with E-state index in [1.807, 2.05) is 12.1 Å². The van der Waals surface area contributed by atoms with Crippen molar-refractivity contribution in [2.45, 2.75) is 17.9 Å². The fourth-order valence-electron chi connectivity index (χ4n) is 2.09. The highest BCUT2D eigenvalue weighted by molar-refractivity contribution is 9.11. The first-order valence-electron chi connectivity index (χ1n) is 7.66. The molecule has 2 aromatic rings. The first-order chi connectivity index (χ1) is 12.3. The summed E-state index contributed by atoms with van der Waals surface area (Å²) in [5, 5.41) is 2.69. The molecule has 6 nitrogen and oxygen atoms in total. The summed E-state index contributed by atoms with van der Waals surface area (Å²) in [5.74, 6) is -0.294. The number of ether oxygens (including phenoxy) is 1. The van der Waals surface area contributed by atoms with Crippen LogP contribution in [0, 0.1) is 0 Å². The lowest BCUT2D eigenvalue weighted by Gasteiger charge is -2.13. The van der Waals surface area contributed by atoms with Crippen LogP contribution < -0.4 is 10.0 Å². The molecule has 9 heteroatoms. The van der Waals surface area contributed by atoms with E-state index in [0.717, 1.165) is 8.66 Å². The van der Waals surface area contributed by atoms with E-state index in [9.17, 15) is 13.2 Å². The summed E-state index contributed by atoms with van der Waals surface area (Å²) in [5.41, 5.74) is 0.510. The van der Waals surface area contributed by atoms with E-state index in [1.165, 1.54) is 36.7 Å². The summed E-state index contributed by atoms with van der Waals surface area (Å²) in [4.78, 5) is 13.0. The van der Waals surface area contributed by atoms with Crippen molar-refractivity contribution in [1.29, 1.82) is 0 Å². The minimum Gasteiger partial charge on any atom is -0.383 e. The smallest absolute Gasteiger partial charge is 0.248 e. The van der Waals surface area contributed by atoms with Crippen molar-refractivity contribution in [2.24, 2.45) is 0 Å². The molecule has 0 fully saturated rings. The number of nitrogens with one attached hydrogen (secondary N) is 2. The Balaban J connectivity index is 1.98. The van der Waals surface area contributed by atoms with Crippen molar-refractivity contribution in [3.63, 3.8) is 0 Å². The monoisotopic (exact) mass is 458 g/mol. The van der Waals surface area contributed by atoms with Gasteiger partial charge in [-0.15, -0.1) is 11.3 Å². The Hall–Kier alpha value is -1.52. The Labute approximate surface area is 165 Å². The maximum atomic E-state index is 12.2. The van der Waals surface area contributed by atoms with Crippen molar-refractivity contribution in [1.82, 2.24) is 4.72 Å². The highest BCUT2D eigenvalue weighted by atomic mass is 79.9. The van der Waals surface area contributed by atoms with Crippen LogP contribution in [0.5, 0.6) is 0 Å². The van der Waals surface area contributed by atoms with Gasteiger partial charge in [0.15, 0.2) is 0 Å². The highest BCUT2D eigenvalue weighted by Crippen LogP contribution is 2.23. The number of thiophene rings is 1. The molecule has 0 radical (unpaired) electrons. The van der Waals surface area contributed by atoms with Gasteiger partial charge >= 0.3 is 0 Å². The third-order valence-electron chi connectivity index (χ3n) is 3.20. The van der Waals surface area contributed by atoms with E-state index < -0.39 is 10.0 Å². The minimum absolute atomic E-state index is 0.123. The second kappa shape index (κ2) is 9.43. The normalized spacial score (nSPS) is 13.0. The summed E-state index contributed by atoms with van der Waals surface area (Å²) in [7, 11) is -2.12. The van der Waals surface area contributed by atoms with Crippen LogP contribution in [0.15, 0.2) is 51.2 Å². The molecule has 1 amide bonds. The first kappa shape index (κ1) is 20.8. The second-order valence-electron chi connectivity index (χ2n) is 5.47. The SMILES string of the molecule is COCC(C)NS(=O)(=O)c1ccc(NC(=O)/C=C/c2ccc(Br)s2)cc1. The quantitative estimate of drug-likeness (QED) is 0.592. The van der Waals surface area contributed by atoms with Gasteiger partial charge in [0.2, 0.25) is 15.9 Å². The molecule has 1 aromatic heterocycles. The van der Waals surface area contributed by atoms with Crippen molar-refractivity contribution >= 4 is 55.0 Å². The molecular weight excluding hydrogens is 440 g/mol. The molecule has 0 aliphatic heterocycles. The van der Waals surface area contributed by atoms with E-state index in [-0.39, 0.29) is 23.5 Å². The van der Waals surface area contributed by atoms with Crippen LogP contribution in [0.25, 0.3) is 6.08 Å². The Morgan fingerprint density at radius 1 is 1.27 bits per heavy atom. The molecule has 2 N–H and O–H groups in total. The molecule has 0 aliphatic carbocycles. The number of benzene rings is 1. The van der Waals surface area contributed by atoms with Crippen LogP contribution in [0.1, 0.15) is 11.8 Å². The van der Waals surface area contributed by atoms with Crippen molar-refractivity contribution in [3.8, 4) is 0 Å².